The van der Waals surface area contributed by atoms with Gasteiger partial charge in [0.25, 0.3) is 0 Å². The lowest BCUT2D eigenvalue weighted by atomic mass is 10.1. The van der Waals surface area contributed by atoms with E-state index in [9.17, 15) is 4.79 Å². The number of nitrogens with two attached hydrogens (primary N) is 1. The third-order valence-electron chi connectivity index (χ3n) is 2.85. The van der Waals surface area contributed by atoms with E-state index in [2.05, 4.69) is 15.6 Å². The van der Waals surface area contributed by atoms with Crippen molar-refractivity contribution < 1.29 is 4.79 Å². The molecular formula is C13H16ClN5O. The first-order valence-corrected chi connectivity index (χ1v) is 6.61. The van der Waals surface area contributed by atoms with Crippen molar-refractivity contribution >= 4 is 17.5 Å². The molecule has 2 rings (SSSR count). The molecule has 1 aromatic heterocycles. The second kappa shape index (κ2) is 6.49. The fraction of sp³-hybridized carbons (Fsp3) is 0.308. The normalized spacial score (nSPS) is 12.2. The van der Waals surface area contributed by atoms with Gasteiger partial charge in [0.05, 0.1) is 17.9 Å². The second-order valence-electron chi connectivity index (χ2n) is 4.42. The van der Waals surface area contributed by atoms with Gasteiger partial charge in [-0.1, -0.05) is 35.0 Å². The Morgan fingerprint density at radius 1 is 1.50 bits per heavy atom. The number of benzene rings is 1. The standard InChI is InChI=1S/C13H16ClN5O/c1-9(11-4-2-3-5-12(11)14)16-13(20)8-19-7-10(6-15)17-18-19/h2-5,7,9H,6,8,15H2,1H3,(H,16,20)/t9-/m1/s1. The van der Waals surface area contributed by atoms with E-state index in [1.807, 2.05) is 25.1 Å². The van der Waals surface area contributed by atoms with Gasteiger partial charge in [0.2, 0.25) is 5.91 Å². The summed E-state index contributed by atoms with van der Waals surface area (Å²) in [6.07, 6.45) is 1.65. The van der Waals surface area contributed by atoms with Crippen molar-refractivity contribution in [2.75, 3.05) is 0 Å². The van der Waals surface area contributed by atoms with Crippen LogP contribution in [0.4, 0.5) is 0 Å². The minimum atomic E-state index is -0.172. The monoisotopic (exact) mass is 293 g/mol. The molecule has 3 N–H and O–H groups in total. The van der Waals surface area contributed by atoms with E-state index in [0.29, 0.717) is 17.3 Å². The molecule has 20 heavy (non-hydrogen) atoms. The molecule has 0 bridgehead atoms. The Kier molecular flexibility index (Phi) is 4.70. The van der Waals surface area contributed by atoms with Crippen molar-refractivity contribution in [2.45, 2.75) is 26.1 Å². The highest BCUT2D eigenvalue weighted by molar-refractivity contribution is 6.31. The van der Waals surface area contributed by atoms with Gasteiger partial charge < -0.3 is 11.1 Å². The van der Waals surface area contributed by atoms with Crippen molar-refractivity contribution in [1.29, 1.82) is 0 Å². The van der Waals surface area contributed by atoms with Gasteiger partial charge in [-0.05, 0) is 18.6 Å². The fourth-order valence-corrected chi connectivity index (χ4v) is 2.15. The Morgan fingerprint density at radius 2 is 2.25 bits per heavy atom. The van der Waals surface area contributed by atoms with Gasteiger partial charge in [-0.15, -0.1) is 5.10 Å². The molecule has 1 heterocycles. The van der Waals surface area contributed by atoms with E-state index in [1.165, 1.54) is 4.68 Å². The van der Waals surface area contributed by atoms with Gasteiger partial charge in [-0.25, -0.2) is 4.68 Å². The largest absolute Gasteiger partial charge is 0.348 e. The Morgan fingerprint density at radius 3 is 2.90 bits per heavy atom. The van der Waals surface area contributed by atoms with E-state index in [1.54, 1.807) is 12.3 Å². The van der Waals surface area contributed by atoms with E-state index in [0.717, 1.165) is 5.56 Å². The Hall–Kier alpha value is -1.92. The van der Waals surface area contributed by atoms with Crippen LogP contribution in [0, 0.1) is 0 Å². The number of carbonyl (C=O) groups is 1. The molecule has 0 fully saturated rings. The highest BCUT2D eigenvalue weighted by Crippen LogP contribution is 2.21. The lowest BCUT2D eigenvalue weighted by molar-refractivity contribution is -0.122. The summed E-state index contributed by atoms with van der Waals surface area (Å²) in [5.41, 5.74) is 6.96. The molecule has 0 aliphatic carbocycles. The lowest BCUT2D eigenvalue weighted by Crippen LogP contribution is -2.30. The first-order valence-electron chi connectivity index (χ1n) is 6.23. The number of nitrogens with zero attached hydrogens (tertiary/aromatic N) is 3. The predicted molar refractivity (Wildman–Crippen MR) is 75.9 cm³/mol. The molecule has 2 aromatic rings. The molecule has 7 heteroatoms. The highest BCUT2D eigenvalue weighted by Gasteiger charge is 2.13. The van der Waals surface area contributed by atoms with Crippen LogP contribution in [0.3, 0.4) is 0 Å². The summed E-state index contributed by atoms with van der Waals surface area (Å²) in [5, 5.41) is 11.2. The fourth-order valence-electron chi connectivity index (χ4n) is 1.85. The quantitative estimate of drug-likeness (QED) is 0.869. The summed E-state index contributed by atoms with van der Waals surface area (Å²) in [6, 6.07) is 7.24. The number of nitrogens with one attached hydrogen (secondary N) is 1. The van der Waals surface area contributed by atoms with Gasteiger partial charge in [-0.3, -0.25) is 4.79 Å². The third-order valence-corrected chi connectivity index (χ3v) is 3.19. The molecule has 1 aromatic carbocycles. The summed E-state index contributed by atoms with van der Waals surface area (Å²) in [5.74, 6) is -0.161. The number of rotatable bonds is 5. The summed E-state index contributed by atoms with van der Waals surface area (Å²) < 4.78 is 1.46. The summed E-state index contributed by atoms with van der Waals surface area (Å²) in [6.45, 7) is 2.28. The molecule has 0 radical (unpaired) electrons. The van der Waals surface area contributed by atoms with Crippen molar-refractivity contribution in [2.24, 2.45) is 5.73 Å². The molecule has 106 valence electrons. The summed E-state index contributed by atoms with van der Waals surface area (Å²) in [7, 11) is 0. The Bertz CT molecular complexity index is 598. The van der Waals surface area contributed by atoms with Crippen LogP contribution >= 0.6 is 11.6 Å². The maximum Gasteiger partial charge on any atom is 0.242 e. The highest BCUT2D eigenvalue weighted by atomic mass is 35.5. The molecule has 0 spiro atoms. The maximum absolute atomic E-state index is 11.9. The smallest absolute Gasteiger partial charge is 0.242 e. The second-order valence-corrected chi connectivity index (χ2v) is 4.83. The van der Waals surface area contributed by atoms with Crippen LogP contribution in [-0.4, -0.2) is 20.9 Å². The van der Waals surface area contributed by atoms with Gasteiger partial charge in [-0.2, -0.15) is 0 Å². The molecule has 0 unspecified atom stereocenters. The zero-order valence-corrected chi connectivity index (χ0v) is 11.8. The molecule has 1 atom stereocenters. The molecular weight excluding hydrogens is 278 g/mol. The van der Waals surface area contributed by atoms with Gasteiger partial charge >= 0.3 is 0 Å². The number of hydrogen-bond donors (Lipinski definition) is 2. The van der Waals surface area contributed by atoms with Crippen LogP contribution in [0.2, 0.25) is 5.02 Å². The first-order chi connectivity index (χ1) is 9.60. The number of carbonyl (C=O) groups excluding carboxylic acids is 1. The van der Waals surface area contributed by atoms with E-state index < -0.39 is 0 Å². The van der Waals surface area contributed by atoms with Crippen LogP contribution in [0.5, 0.6) is 0 Å². The predicted octanol–water partition coefficient (Wildman–Crippen LogP) is 1.27. The summed E-state index contributed by atoms with van der Waals surface area (Å²) >= 11 is 6.09. The molecule has 0 aliphatic heterocycles. The van der Waals surface area contributed by atoms with E-state index in [-0.39, 0.29) is 18.5 Å². The molecule has 0 saturated heterocycles. The van der Waals surface area contributed by atoms with Crippen LogP contribution < -0.4 is 11.1 Å². The van der Waals surface area contributed by atoms with Crippen molar-refractivity contribution in [1.82, 2.24) is 20.3 Å². The van der Waals surface area contributed by atoms with Crippen molar-refractivity contribution in [3.8, 4) is 0 Å². The minimum absolute atomic E-state index is 0.0990. The number of halogens is 1. The zero-order valence-electron chi connectivity index (χ0n) is 11.1. The lowest BCUT2D eigenvalue weighted by Gasteiger charge is -2.15. The van der Waals surface area contributed by atoms with Gasteiger partial charge in [0.15, 0.2) is 0 Å². The number of amides is 1. The average molecular weight is 294 g/mol. The molecule has 1 amide bonds. The van der Waals surface area contributed by atoms with Gasteiger partial charge in [0, 0.05) is 11.6 Å². The summed E-state index contributed by atoms with van der Waals surface area (Å²) in [4.78, 5) is 11.9. The van der Waals surface area contributed by atoms with E-state index in [4.69, 9.17) is 17.3 Å². The van der Waals surface area contributed by atoms with Crippen LogP contribution in [0.15, 0.2) is 30.5 Å². The SMILES string of the molecule is C[C@@H](NC(=O)Cn1cc(CN)nn1)c1ccccc1Cl. The van der Waals surface area contributed by atoms with Crippen LogP contribution in [-0.2, 0) is 17.9 Å². The average Bonchev–Trinajstić information content (AvgIpc) is 2.86. The number of aromatic nitrogens is 3. The van der Waals surface area contributed by atoms with E-state index >= 15 is 0 Å². The van der Waals surface area contributed by atoms with Gasteiger partial charge in [0.1, 0.15) is 6.54 Å². The third kappa shape index (κ3) is 3.55. The molecule has 0 saturated carbocycles. The minimum Gasteiger partial charge on any atom is -0.348 e. The van der Waals surface area contributed by atoms with Crippen molar-refractivity contribution in [3.63, 3.8) is 0 Å². The number of hydrogen-bond acceptors (Lipinski definition) is 4. The molecule has 6 nitrogen and oxygen atoms in total. The topological polar surface area (TPSA) is 85.8 Å². The molecule has 0 aliphatic rings. The maximum atomic E-state index is 11.9. The zero-order chi connectivity index (χ0) is 14.5. The Balaban J connectivity index is 1.96. The van der Waals surface area contributed by atoms with Crippen LogP contribution in [0.1, 0.15) is 24.2 Å². The van der Waals surface area contributed by atoms with Crippen molar-refractivity contribution in [3.05, 3.63) is 46.7 Å². The van der Waals surface area contributed by atoms with Crippen LogP contribution in [0.25, 0.3) is 0 Å². The Labute approximate surface area is 121 Å². The first kappa shape index (κ1) is 14.5.